The lowest BCUT2D eigenvalue weighted by molar-refractivity contribution is 1.54. The van der Waals surface area contributed by atoms with Crippen molar-refractivity contribution in [2.24, 2.45) is 0 Å². The van der Waals surface area contributed by atoms with Gasteiger partial charge < -0.3 is 0 Å². The van der Waals surface area contributed by atoms with Gasteiger partial charge in [0.2, 0.25) is 0 Å². The van der Waals surface area contributed by atoms with Gasteiger partial charge in [-0.2, -0.15) is 0 Å². The van der Waals surface area contributed by atoms with E-state index < -0.39 is 0 Å². The van der Waals surface area contributed by atoms with Crippen LogP contribution in [0, 0.1) is 11.8 Å². The molecule has 0 spiro atoms. The fraction of sp³-hybridized carbons (Fsp3) is 0.100. The molecule has 0 saturated heterocycles. The highest BCUT2D eigenvalue weighted by atomic mass is 14.0. The number of allylic oxidation sites excluding steroid dienone is 2. The van der Waals surface area contributed by atoms with Crippen molar-refractivity contribution in [1.29, 1.82) is 0 Å². The van der Waals surface area contributed by atoms with Crippen molar-refractivity contribution in [3.63, 3.8) is 0 Å². The summed E-state index contributed by atoms with van der Waals surface area (Å²) in [6.45, 7) is 11.9. The van der Waals surface area contributed by atoms with Gasteiger partial charge in [-0.1, -0.05) is 60.4 Å². The van der Waals surface area contributed by atoms with Crippen LogP contribution in [0.5, 0.6) is 0 Å². The predicted molar refractivity (Wildman–Crippen MR) is 88.3 cm³/mol. The first-order valence-electron chi connectivity index (χ1n) is 6.60. The fourth-order valence-corrected chi connectivity index (χ4v) is 1.82. The molecule has 2 rings (SSSR count). The monoisotopic (exact) mass is 258 g/mol. The van der Waals surface area contributed by atoms with Gasteiger partial charge in [0, 0.05) is 11.1 Å². The minimum absolute atomic E-state index is 1.01. The molecule has 0 aliphatic rings. The Labute approximate surface area is 121 Å². The van der Waals surface area contributed by atoms with Gasteiger partial charge in [-0.25, -0.2) is 0 Å². The van der Waals surface area contributed by atoms with Crippen molar-refractivity contribution >= 4 is 11.1 Å². The summed E-state index contributed by atoms with van der Waals surface area (Å²) < 4.78 is 0. The molecule has 0 aliphatic carbocycles. The molecule has 0 amide bonds. The molecule has 0 unspecified atom stereocenters. The molecule has 2 aromatic carbocycles. The van der Waals surface area contributed by atoms with Crippen molar-refractivity contribution < 1.29 is 0 Å². The Hall–Kier alpha value is -2.52. The molecule has 0 fully saturated rings. The molecule has 0 aromatic heterocycles. The SMILES string of the molecule is C=C(C)c1ccc(C#Cc2ccc(C(=C)C)cc2)cc1. The zero-order chi connectivity index (χ0) is 14.5. The van der Waals surface area contributed by atoms with E-state index in [2.05, 4.69) is 49.3 Å². The van der Waals surface area contributed by atoms with E-state index in [0.29, 0.717) is 0 Å². The minimum atomic E-state index is 1.01. The van der Waals surface area contributed by atoms with Crippen LogP contribution < -0.4 is 0 Å². The molecule has 0 heteroatoms. The molecule has 0 nitrogen and oxygen atoms in total. The van der Waals surface area contributed by atoms with Gasteiger partial charge >= 0.3 is 0 Å². The van der Waals surface area contributed by atoms with Crippen molar-refractivity contribution in [3.05, 3.63) is 83.9 Å². The number of rotatable bonds is 2. The molecular formula is C20H18. The average Bonchev–Trinajstić information content (AvgIpc) is 2.46. The van der Waals surface area contributed by atoms with E-state index in [4.69, 9.17) is 0 Å². The van der Waals surface area contributed by atoms with E-state index in [1.165, 1.54) is 0 Å². The zero-order valence-corrected chi connectivity index (χ0v) is 12.0. The third kappa shape index (κ3) is 3.49. The maximum Gasteiger partial charge on any atom is 0.0249 e. The largest absolute Gasteiger partial charge is 0.0955 e. The van der Waals surface area contributed by atoms with Crippen molar-refractivity contribution in [1.82, 2.24) is 0 Å². The highest BCUT2D eigenvalue weighted by molar-refractivity contribution is 5.63. The first-order valence-corrected chi connectivity index (χ1v) is 6.60. The second kappa shape index (κ2) is 6.08. The highest BCUT2D eigenvalue weighted by Gasteiger charge is 1.94. The maximum atomic E-state index is 3.93. The van der Waals surface area contributed by atoms with E-state index in [9.17, 15) is 0 Å². The summed E-state index contributed by atoms with van der Waals surface area (Å²) in [6.07, 6.45) is 0. The van der Waals surface area contributed by atoms with E-state index >= 15 is 0 Å². The summed E-state index contributed by atoms with van der Waals surface area (Å²) in [5, 5.41) is 0. The fourth-order valence-electron chi connectivity index (χ4n) is 1.82. The quantitative estimate of drug-likeness (QED) is 0.653. The highest BCUT2D eigenvalue weighted by Crippen LogP contribution is 2.13. The summed E-state index contributed by atoms with van der Waals surface area (Å²) in [4.78, 5) is 0. The Bertz CT molecular complexity index is 625. The van der Waals surface area contributed by atoms with Crippen LogP contribution in [0.2, 0.25) is 0 Å². The van der Waals surface area contributed by atoms with Gasteiger partial charge in [0.1, 0.15) is 0 Å². The predicted octanol–water partition coefficient (Wildman–Crippen LogP) is 5.15. The molecular weight excluding hydrogens is 240 g/mol. The van der Waals surface area contributed by atoms with Gasteiger partial charge in [-0.3, -0.25) is 0 Å². The molecule has 98 valence electrons. The number of benzene rings is 2. The van der Waals surface area contributed by atoms with Crippen LogP contribution in [0.4, 0.5) is 0 Å². The van der Waals surface area contributed by atoms with Crippen LogP contribution in [0.3, 0.4) is 0 Å². The summed E-state index contributed by atoms with van der Waals surface area (Å²) in [5.74, 6) is 6.35. The number of hydrogen-bond acceptors (Lipinski definition) is 0. The van der Waals surface area contributed by atoms with Crippen LogP contribution in [0.15, 0.2) is 61.7 Å². The first kappa shape index (κ1) is 13.9. The van der Waals surface area contributed by atoms with Crippen LogP contribution in [-0.2, 0) is 0 Å². The Morgan fingerprint density at radius 1 is 0.650 bits per heavy atom. The molecule has 0 bridgehead atoms. The standard InChI is InChI=1S/C20H18/c1-15(2)19-11-7-17(8-12-19)5-6-18-9-13-20(14-10-18)16(3)4/h7-14H,1,3H2,2,4H3. The smallest absolute Gasteiger partial charge is 0.0249 e. The normalized spacial score (nSPS) is 9.50. The van der Waals surface area contributed by atoms with Crippen molar-refractivity contribution in [2.45, 2.75) is 13.8 Å². The zero-order valence-electron chi connectivity index (χ0n) is 12.0. The molecule has 0 atom stereocenters. The van der Waals surface area contributed by atoms with E-state index in [0.717, 1.165) is 33.4 Å². The van der Waals surface area contributed by atoms with Gasteiger partial charge in [0.15, 0.2) is 0 Å². The van der Waals surface area contributed by atoms with Gasteiger partial charge in [-0.15, -0.1) is 0 Å². The van der Waals surface area contributed by atoms with Gasteiger partial charge in [-0.05, 0) is 49.2 Å². The topological polar surface area (TPSA) is 0 Å². The lowest BCUT2D eigenvalue weighted by Crippen LogP contribution is -1.81. The van der Waals surface area contributed by atoms with E-state index in [1.54, 1.807) is 0 Å². The van der Waals surface area contributed by atoms with E-state index in [1.807, 2.05) is 38.1 Å². The van der Waals surface area contributed by atoms with Crippen molar-refractivity contribution in [3.8, 4) is 11.8 Å². The summed E-state index contributed by atoms with van der Waals surface area (Å²) in [6, 6.07) is 16.3. The maximum absolute atomic E-state index is 3.93. The molecule has 20 heavy (non-hydrogen) atoms. The second-order valence-corrected chi connectivity index (χ2v) is 4.97. The van der Waals surface area contributed by atoms with Crippen LogP contribution >= 0.6 is 0 Å². The molecule has 0 aliphatic heterocycles. The van der Waals surface area contributed by atoms with E-state index in [-0.39, 0.29) is 0 Å². The van der Waals surface area contributed by atoms with Crippen molar-refractivity contribution in [2.75, 3.05) is 0 Å². The third-order valence-electron chi connectivity index (χ3n) is 3.11. The first-order chi connectivity index (χ1) is 9.56. The van der Waals surface area contributed by atoms with Crippen LogP contribution in [0.1, 0.15) is 36.1 Å². The molecule has 0 radical (unpaired) electrons. The van der Waals surface area contributed by atoms with Crippen LogP contribution in [0.25, 0.3) is 11.1 Å². The summed E-state index contributed by atoms with van der Waals surface area (Å²) in [5.41, 5.74) is 6.47. The van der Waals surface area contributed by atoms with Gasteiger partial charge in [0.05, 0.1) is 0 Å². The van der Waals surface area contributed by atoms with Crippen LogP contribution in [-0.4, -0.2) is 0 Å². The lowest BCUT2D eigenvalue weighted by atomic mass is 10.1. The average molecular weight is 258 g/mol. The summed E-state index contributed by atoms with van der Waals surface area (Å²) in [7, 11) is 0. The Morgan fingerprint density at radius 2 is 0.950 bits per heavy atom. The van der Waals surface area contributed by atoms with Gasteiger partial charge in [0.25, 0.3) is 0 Å². The second-order valence-electron chi connectivity index (χ2n) is 4.97. The Balaban J connectivity index is 2.17. The Morgan fingerprint density at radius 3 is 1.20 bits per heavy atom. The number of hydrogen-bond donors (Lipinski definition) is 0. The molecule has 2 aromatic rings. The summed E-state index contributed by atoms with van der Waals surface area (Å²) >= 11 is 0. The Kier molecular flexibility index (Phi) is 4.23. The lowest BCUT2D eigenvalue weighted by Gasteiger charge is -1.99. The minimum Gasteiger partial charge on any atom is -0.0955 e. The third-order valence-corrected chi connectivity index (χ3v) is 3.11. The molecule has 0 N–H and O–H groups in total. The molecule has 0 saturated carbocycles. The molecule has 0 heterocycles.